The summed E-state index contributed by atoms with van der Waals surface area (Å²) < 4.78 is 25.2. The number of benzene rings is 1. The minimum Gasteiger partial charge on any atom is -0.310 e. The highest BCUT2D eigenvalue weighted by molar-refractivity contribution is 7.91. The Balaban J connectivity index is 1.51. The zero-order valence-corrected chi connectivity index (χ0v) is 18.4. The van der Waals surface area contributed by atoms with E-state index in [9.17, 15) is 13.2 Å². The Morgan fingerprint density at radius 1 is 1.21 bits per heavy atom. The van der Waals surface area contributed by atoms with Gasteiger partial charge in [0, 0.05) is 23.7 Å². The maximum absolute atomic E-state index is 12.6. The van der Waals surface area contributed by atoms with Gasteiger partial charge in [0.25, 0.3) is 0 Å². The first-order chi connectivity index (χ1) is 13.7. The number of hydrogen-bond acceptors (Lipinski definition) is 5. The third kappa shape index (κ3) is 5.92. The fourth-order valence-electron chi connectivity index (χ4n) is 3.33. The smallest absolute Gasteiger partial charge is 0.228 e. The van der Waals surface area contributed by atoms with Gasteiger partial charge in [0.15, 0.2) is 9.84 Å². The lowest BCUT2D eigenvalue weighted by atomic mass is 9.96. The summed E-state index contributed by atoms with van der Waals surface area (Å²) in [5.74, 6) is 0.368. The van der Waals surface area contributed by atoms with Crippen LogP contribution in [0.5, 0.6) is 0 Å². The maximum Gasteiger partial charge on any atom is 0.228 e. The Kier molecular flexibility index (Phi) is 7.16. The van der Waals surface area contributed by atoms with Crippen molar-refractivity contribution in [2.45, 2.75) is 24.7 Å². The molecule has 0 atom stereocenters. The van der Waals surface area contributed by atoms with E-state index >= 15 is 0 Å². The quantitative estimate of drug-likeness (QED) is 0.715. The predicted molar refractivity (Wildman–Crippen MR) is 115 cm³/mol. The van der Waals surface area contributed by atoms with Crippen LogP contribution >= 0.6 is 23.2 Å². The number of pyridine rings is 1. The van der Waals surface area contributed by atoms with E-state index in [-0.39, 0.29) is 27.5 Å². The number of nitrogens with one attached hydrogen (secondary N) is 1. The Hall–Kier alpha value is -1.67. The highest BCUT2D eigenvalue weighted by Gasteiger charge is 2.27. The van der Waals surface area contributed by atoms with Gasteiger partial charge < -0.3 is 10.2 Å². The molecule has 1 aliphatic rings. The summed E-state index contributed by atoms with van der Waals surface area (Å²) in [5.41, 5.74) is 1.03. The van der Waals surface area contributed by atoms with Crippen molar-refractivity contribution in [2.24, 2.45) is 5.92 Å². The molecule has 0 bridgehead atoms. The van der Waals surface area contributed by atoms with Crippen LogP contribution in [0, 0.1) is 12.8 Å². The van der Waals surface area contributed by atoms with Crippen molar-refractivity contribution in [3.63, 3.8) is 0 Å². The first-order valence-corrected chi connectivity index (χ1v) is 11.8. The highest BCUT2D eigenvalue weighted by atomic mass is 35.5. The number of carbonyl (C=O) groups excluding carboxylic acids is 1. The summed E-state index contributed by atoms with van der Waals surface area (Å²) >= 11 is 11.9. The monoisotopic (exact) mass is 455 g/mol. The summed E-state index contributed by atoms with van der Waals surface area (Å²) in [6.45, 7) is 3.66. The molecule has 6 nitrogen and oxygen atoms in total. The summed E-state index contributed by atoms with van der Waals surface area (Å²) in [4.78, 5) is 18.7. The molecule has 9 heteroatoms. The molecular formula is C20H23Cl2N3O3S. The van der Waals surface area contributed by atoms with Gasteiger partial charge in [-0.1, -0.05) is 23.2 Å². The van der Waals surface area contributed by atoms with Gasteiger partial charge in [-0.2, -0.15) is 0 Å². The zero-order valence-electron chi connectivity index (χ0n) is 16.1. The molecule has 0 spiro atoms. The summed E-state index contributed by atoms with van der Waals surface area (Å²) in [6, 6.07) is 8.14. The molecule has 2 heterocycles. The Morgan fingerprint density at radius 2 is 1.93 bits per heavy atom. The number of carbonyl (C=O) groups is 1. The van der Waals surface area contributed by atoms with Gasteiger partial charge in [-0.05, 0) is 68.8 Å². The normalized spacial score (nSPS) is 16.0. The number of aromatic nitrogens is 1. The number of hydrogen-bond donors (Lipinski definition) is 1. The van der Waals surface area contributed by atoms with Crippen molar-refractivity contribution in [3.8, 4) is 0 Å². The van der Waals surface area contributed by atoms with E-state index in [1.54, 1.807) is 12.3 Å². The van der Waals surface area contributed by atoms with Crippen molar-refractivity contribution >= 4 is 44.8 Å². The van der Waals surface area contributed by atoms with E-state index in [0.717, 1.165) is 5.56 Å². The Morgan fingerprint density at radius 3 is 2.62 bits per heavy atom. The second kappa shape index (κ2) is 9.43. The number of sulfone groups is 1. The lowest BCUT2D eigenvalue weighted by Crippen LogP contribution is -2.40. The number of amides is 1. The number of piperidine rings is 1. The Labute approximate surface area is 181 Å². The number of aryl methyl sites for hydroxylation is 1. The SMILES string of the molecule is Cc1ccnc(NC(=O)C2CCN(CCS(=O)(=O)c3cc(Cl)ccc3Cl)CC2)c1. The van der Waals surface area contributed by atoms with Crippen LogP contribution in [0.2, 0.25) is 10.0 Å². The summed E-state index contributed by atoms with van der Waals surface area (Å²) in [7, 11) is -3.53. The third-order valence-electron chi connectivity index (χ3n) is 5.03. The van der Waals surface area contributed by atoms with E-state index in [4.69, 9.17) is 23.2 Å². The van der Waals surface area contributed by atoms with Crippen molar-refractivity contribution in [1.82, 2.24) is 9.88 Å². The topological polar surface area (TPSA) is 79.4 Å². The molecule has 0 saturated carbocycles. The molecule has 1 aromatic carbocycles. The minimum absolute atomic E-state index is 0.0407. The van der Waals surface area contributed by atoms with Crippen LogP contribution in [0.3, 0.4) is 0 Å². The van der Waals surface area contributed by atoms with Gasteiger partial charge in [-0.3, -0.25) is 4.79 Å². The standard InChI is InChI=1S/C20H23Cl2N3O3S/c1-14-4-7-23-19(12-14)24-20(26)15-5-8-25(9-6-15)10-11-29(27,28)18-13-16(21)2-3-17(18)22/h2-4,7,12-13,15H,5-6,8-11H2,1H3,(H,23,24,26). The maximum atomic E-state index is 12.6. The predicted octanol–water partition coefficient (Wildman–Crippen LogP) is 3.82. The molecule has 1 saturated heterocycles. The summed E-state index contributed by atoms with van der Waals surface area (Å²) in [5, 5.41) is 3.38. The molecule has 1 N–H and O–H groups in total. The van der Waals surface area contributed by atoms with Crippen LogP contribution in [-0.4, -0.2) is 49.6 Å². The number of halogens is 2. The lowest BCUT2D eigenvalue weighted by molar-refractivity contribution is -0.121. The Bertz CT molecular complexity index is 990. The second-order valence-electron chi connectivity index (χ2n) is 7.22. The minimum atomic E-state index is -3.53. The van der Waals surface area contributed by atoms with E-state index in [1.807, 2.05) is 19.1 Å². The lowest BCUT2D eigenvalue weighted by Gasteiger charge is -2.31. The number of nitrogens with zero attached hydrogens (tertiary/aromatic N) is 2. The van der Waals surface area contributed by atoms with E-state index in [1.165, 1.54) is 12.1 Å². The third-order valence-corrected chi connectivity index (χ3v) is 7.43. The van der Waals surface area contributed by atoms with Crippen molar-refractivity contribution in [3.05, 3.63) is 52.1 Å². The number of rotatable bonds is 6. The largest absolute Gasteiger partial charge is 0.310 e. The van der Waals surface area contributed by atoms with Gasteiger partial charge in [-0.25, -0.2) is 13.4 Å². The van der Waals surface area contributed by atoms with Crippen molar-refractivity contribution < 1.29 is 13.2 Å². The first-order valence-electron chi connectivity index (χ1n) is 9.38. The molecule has 1 aliphatic heterocycles. The molecule has 156 valence electrons. The van der Waals surface area contributed by atoms with Gasteiger partial charge in [0.2, 0.25) is 5.91 Å². The van der Waals surface area contributed by atoms with Crippen LogP contribution in [0.4, 0.5) is 5.82 Å². The fourth-order valence-corrected chi connectivity index (χ4v) is 5.42. The van der Waals surface area contributed by atoms with Crippen molar-refractivity contribution in [2.75, 3.05) is 30.7 Å². The molecule has 0 unspecified atom stereocenters. The van der Waals surface area contributed by atoms with Crippen LogP contribution in [0.1, 0.15) is 18.4 Å². The summed E-state index contributed by atoms with van der Waals surface area (Å²) in [6.07, 6.45) is 3.02. The van der Waals surface area contributed by atoms with Crippen LogP contribution in [0.25, 0.3) is 0 Å². The first kappa shape index (κ1) is 22.0. The zero-order chi connectivity index (χ0) is 21.0. The van der Waals surface area contributed by atoms with Gasteiger partial charge in [0.05, 0.1) is 15.7 Å². The van der Waals surface area contributed by atoms with Gasteiger partial charge in [0.1, 0.15) is 5.82 Å². The number of anilines is 1. The van der Waals surface area contributed by atoms with Crippen LogP contribution in [-0.2, 0) is 14.6 Å². The molecule has 1 aromatic heterocycles. The number of likely N-dealkylation sites (tertiary alicyclic amines) is 1. The van der Waals surface area contributed by atoms with E-state index in [2.05, 4.69) is 15.2 Å². The molecule has 1 amide bonds. The average Bonchev–Trinajstić information content (AvgIpc) is 2.68. The molecular weight excluding hydrogens is 433 g/mol. The molecule has 0 radical (unpaired) electrons. The molecule has 1 fully saturated rings. The molecule has 29 heavy (non-hydrogen) atoms. The average molecular weight is 456 g/mol. The molecule has 0 aliphatic carbocycles. The van der Waals surface area contributed by atoms with E-state index < -0.39 is 9.84 Å². The van der Waals surface area contributed by atoms with Crippen molar-refractivity contribution in [1.29, 1.82) is 0 Å². The van der Waals surface area contributed by atoms with Crippen LogP contribution in [0.15, 0.2) is 41.4 Å². The van der Waals surface area contributed by atoms with Crippen LogP contribution < -0.4 is 5.32 Å². The molecule has 3 rings (SSSR count). The molecule has 2 aromatic rings. The van der Waals surface area contributed by atoms with Gasteiger partial charge in [-0.15, -0.1) is 0 Å². The second-order valence-corrected chi connectivity index (χ2v) is 10.1. The highest BCUT2D eigenvalue weighted by Crippen LogP contribution is 2.26. The van der Waals surface area contributed by atoms with Gasteiger partial charge >= 0.3 is 0 Å². The fraction of sp³-hybridized carbons (Fsp3) is 0.400. The van der Waals surface area contributed by atoms with E-state index in [0.29, 0.717) is 43.3 Å².